The van der Waals surface area contributed by atoms with E-state index >= 15 is 0 Å². The standard InChI is InChI=1S/C17H24N2/c18-16-6-3-11-19(13-9-10-13)17(16)15-5-2-1-4-14(15)12-7-8-12/h1-2,4-5,12-13,16-17H,3,6-11,18H2. The fourth-order valence-electron chi connectivity index (χ4n) is 3.82. The van der Waals surface area contributed by atoms with Gasteiger partial charge in [0.1, 0.15) is 0 Å². The number of nitrogens with two attached hydrogens (primary N) is 1. The summed E-state index contributed by atoms with van der Waals surface area (Å²) in [6, 6.07) is 10.7. The van der Waals surface area contributed by atoms with Crippen LogP contribution in [0.2, 0.25) is 0 Å². The van der Waals surface area contributed by atoms with Gasteiger partial charge >= 0.3 is 0 Å². The number of piperidine rings is 1. The molecule has 2 nitrogen and oxygen atoms in total. The Kier molecular flexibility index (Phi) is 2.89. The summed E-state index contributed by atoms with van der Waals surface area (Å²) >= 11 is 0. The van der Waals surface area contributed by atoms with Crippen LogP contribution in [0.15, 0.2) is 24.3 Å². The van der Waals surface area contributed by atoms with E-state index in [9.17, 15) is 0 Å². The first-order valence-corrected chi connectivity index (χ1v) is 7.95. The van der Waals surface area contributed by atoms with Crippen LogP contribution in [0.1, 0.15) is 61.6 Å². The van der Waals surface area contributed by atoms with Gasteiger partial charge in [-0.1, -0.05) is 24.3 Å². The minimum atomic E-state index is 0.328. The summed E-state index contributed by atoms with van der Waals surface area (Å²) < 4.78 is 0. The van der Waals surface area contributed by atoms with Gasteiger partial charge < -0.3 is 5.73 Å². The summed E-state index contributed by atoms with van der Waals surface area (Å²) in [5.41, 5.74) is 9.65. The SMILES string of the molecule is NC1CCCN(C2CC2)C1c1ccccc1C1CC1. The Bertz CT molecular complexity index is 462. The third-order valence-corrected chi connectivity index (χ3v) is 5.06. The fraction of sp³-hybridized carbons (Fsp3) is 0.647. The van der Waals surface area contributed by atoms with Crippen molar-refractivity contribution in [3.05, 3.63) is 35.4 Å². The molecule has 4 rings (SSSR count). The first-order valence-electron chi connectivity index (χ1n) is 7.95. The van der Waals surface area contributed by atoms with E-state index in [2.05, 4.69) is 29.2 Å². The van der Waals surface area contributed by atoms with Crippen molar-refractivity contribution < 1.29 is 0 Å². The average Bonchev–Trinajstić information content (AvgIpc) is 3.30. The van der Waals surface area contributed by atoms with E-state index in [1.807, 2.05) is 0 Å². The lowest BCUT2D eigenvalue weighted by Gasteiger charge is -2.41. The first kappa shape index (κ1) is 11.9. The zero-order valence-electron chi connectivity index (χ0n) is 11.6. The highest BCUT2D eigenvalue weighted by Crippen LogP contribution is 2.46. The maximum atomic E-state index is 6.51. The summed E-state index contributed by atoms with van der Waals surface area (Å²) in [5.74, 6) is 0.825. The zero-order chi connectivity index (χ0) is 12.8. The molecule has 102 valence electrons. The molecule has 1 heterocycles. The second kappa shape index (κ2) is 4.60. The van der Waals surface area contributed by atoms with Crippen LogP contribution in [0.25, 0.3) is 0 Å². The number of hydrogen-bond acceptors (Lipinski definition) is 2. The maximum Gasteiger partial charge on any atom is 0.0504 e. The monoisotopic (exact) mass is 256 g/mol. The second-order valence-electron chi connectivity index (χ2n) is 6.62. The average molecular weight is 256 g/mol. The summed E-state index contributed by atoms with van der Waals surface area (Å²) in [7, 11) is 0. The van der Waals surface area contributed by atoms with Crippen molar-refractivity contribution in [3.8, 4) is 0 Å². The van der Waals surface area contributed by atoms with Crippen LogP contribution in [0.4, 0.5) is 0 Å². The molecule has 2 N–H and O–H groups in total. The minimum Gasteiger partial charge on any atom is -0.326 e. The van der Waals surface area contributed by atoms with Crippen molar-refractivity contribution >= 4 is 0 Å². The molecule has 1 aromatic carbocycles. The molecule has 2 atom stereocenters. The minimum absolute atomic E-state index is 0.328. The van der Waals surface area contributed by atoms with Crippen molar-refractivity contribution in [2.75, 3.05) is 6.54 Å². The van der Waals surface area contributed by atoms with E-state index in [-0.39, 0.29) is 0 Å². The Labute approximate surface area is 116 Å². The number of benzene rings is 1. The molecular weight excluding hydrogens is 232 g/mol. The molecule has 1 saturated heterocycles. The van der Waals surface area contributed by atoms with Gasteiger partial charge in [-0.25, -0.2) is 0 Å². The largest absolute Gasteiger partial charge is 0.326 e. The summed E-state index contributed by atoms with van der Waals surface area (Å²) in [6.45, 7) is 1.25. The maximum absolute atomic E-state index is 6.51. The van der Waals surface area contributed by atoms with Gasteiger partial charge in [0, 0.05) is 12.1 Å². The van der Waals surface area contributed by atoms with Crippen LogP contribution in [0, 0.1) is 0 Å². The number of hydrogen-bond donors (Lipinski definition) is 1. The highest BCUT2D eigenvalue weighted by atomic mass is 15.2. The Morgan fingerprint density at radius 2 is 1.68 bits per heavy atom. The van der Waals surface area contributed by atoms with Gasteiger partial charge in [-0.05, 0) is 62.1 Å². The van der Waals surface area contributed by atoms with Gasteiger partial charge in [-0.15, -0.1) is 0 Å². The molecule has 2 saturated carbocycles. The molecule has 0 radical (unpaired) electrons. The molecule has 3 aliphatic rings. The van der Waals surface area contributed by atoms with Crippen LogP contribution in [0.5, 0.6) is 0 Å². The predicted octanol–water partition coefficient (Wildman–Crippen LogP) is 3.19. The van der Waals surface area contributed by atoms with E-state index in [1.54, 1.807) is 11.1 Å². The third-order valence-electron chi connectivity index (χ3n) is 5.06. The Balaban J connectivity index is 1.71. The molecule has 0 amide bonds. The van der Waals surface area contributed by atoms with Crippen LogP contribution in [0.3, 0.4) is 0 Å². The molecule has 19 heavy (non-hydrogen) atoms. The van der Waals surface area contributed by atoms with Crippen molar-refractivity contribution in [1.82, 2.24) is 4.90 Å². The van der Waals surface area contributed by atoms with Crippen LogP contribution in [-0.2, 0) is 0 Å². The van der Waals surface area contributed by atoms with Crippen LogP contribution in [-0.4, -0.2) is 23.5 Å². The van der Waals surface area contributed by atoms with Gasteiger partial charge in [0.2, 0.25) is 0 Å². The van der Waals surface area contributed by atoms with E-state index < -0.39 is 0 Å². The van der Waals surface area contributed by atoms with Crippen molar-refractivity contribution in [2.24, 2.45) is 5.73 Å². The number of rotatable bonds is 3. The highest BCUT2D eigenvalue weighted by molar-refractivity contribution is 5.37. The Morgan fingerprint density at radius 1 is 0.947 bits per heavy atom. The van der Waals surface area contributed by atoms with Crippen LogP contribution >= 0.6 is 0 Å². The zero-order valence-corrected chi connectivity index (χ0v) is 11.6. The summed E-state index contributed by atoms with van der Waals surface area (Å²) in [5, 5.41) is 0. The number of nitrogens with zero attached hydrogens (tertiary/aromatic N) is 1. The molecule has 1 aromatic rings. The molecule has 1 aliphatic heterocycles. The van der Waals surface area contributed by atoms with Gasteiger partial charge in [0.05, 0.1) is 6.04 Å². The smallest absolute Gasteiger partial charge is 0.0504 e. The molecule has 2 unspecified atom stereocenters. The lowest BCUT2D eigenvalue weighted by molar-refractivity contribution is 0.119. The molecular formula is C17H24N2. The molecule has 0 aromatic heterocycles. The van der Waals surface area contributed by atoms with E-state index in [0.29, 0.717) is 12.1 Å². The molecule has 3 fully saturated rings. The molecule has 2 heteroatoms. The third kappa shape index (κ3) is 2.21. The normalized spacial score (nSPS) is 32.5. The highest BCUT2D eigenvalue weighted by Gasteiger charge is 2.41. The lowest BCUT2D eigenvalue weighted by atomic mass is 9.87. The topological polar surface area (TPSA) is 29.3 Å². The van der Waals surface area contributed by atoms with Gasteiger partial charge in [-0.2, -0.15) is 0 Å². The lowest BCUT2D eigenvalue weighted by Crippen LogP contribution is -2.47. The Morgan fingerprint density at radius 3 is 2.37 bits per heavy atom. The van der Waals surface area contributed by atoms with E-state index in [1.165, 1.54) is 45.1 Å². The summed E-state index contributed by atoms with van der Waals surface area (Å²) in [4.78, 5) is 2.72. The van der Waals surface area contributed by atoms with E-state index in [0.717, 1.165) is 12.0 Å². The molecule has 2 aliphatic carbocycles. The van der Waals surface area contributed by atoms with Crippen molar-refractivity contribution in [3.63, 3.8) is 0 Å². The van der Waals surface area contributed by atoms with Crippen LogP contribution < -0.4 is 5.73 Å². The quantitative estimate of drug-likeness (QED) is 0.900. The second-order valence-corrected chi connectivity index (χ2v) is 6.62. The van der Waals surface area contributed by atoms with E-state index in [4.69, 9.17) is 5.73 Å². The van der Waals surface area contributed by atoms with Gasteiger partial charge in [0.25, 0.3) is 0 Å². The molecule has 0 spiro atoms. The fourth-order valence-corrected chi connectivity index (χ4v) is 3.82. The predicted molar refractivity (Wildman–Crippen MR) is 78.1 cm³/mol. The first-order chi connectivity index (χ1) is 9.34. The van der Waals surface area contributed by atoms with Crippen molar-refractivity contribution in [2.45, 2.75) is 62.6 Å². The van der Waals surface area contributed by atoms with Gasteiger partial charge in [0.15, 0.2) is 0 Å². The summed E-state index contributed by atoms with van der Waals surface area (Å²) in [6.07, 6.45) is 7.99. The number of likely N-dealkylation sites (tertiary alicyclic amines) is 1. The van der Waals surface area contributed by atoms with Crippen molar-refractivity contribution in [1.29, 1.82) is 0 Å². The Hall–Kier alpha value is -0.860. The van der Waals surface area contributed by atoms with Gasteiger partial charge in [-0.3, -0.25) is 4.90 Å². The molecule has 0 bridgehead atoms.